The Morgan fingerprint density at radius 2 is 1.88 bits per heavy atom. The molecule has 3 rings (SSSR count). The Kier molecular flexibility index (Phi) is 4.98. The molecule has 0 aliphatic heterocycles. The number of pyridine rings is 1. The molecule has 0 spiro atoms. The van der Waals surface area contributed by atoms with E-state index in [-0.39, 0.29) is 0 Å². The van der Waals surface area contributed by atoms with Crippen molar-refractivity contribution in [2.75, 3.05) is 5.32 Å². The van der Waals surface area contributed by atoms with Crippen molar-refractivity contribution >= 4 is 22.6 Å². The van der Waals surface area contributed by atoms with Crippen molar-refractivity contribution in [1.82, 2.24) is 4.98 Å². The summed E-state index contributed by atoms with van der Waals surface area (Å²) in [6.07, 6.45) is 2.11. The zero-order chi connectivity index (χ0) is 17.8. The summed E-state index contributed by atoms with van der Waals surface area (Å²) in [6, 6.07) is 17.1. The van der Waals surface area contributed by atoms with Crippen LogP contribution in [0.2, 0.25) is 0 Å². The summed E-state index contributed by atoms with van der Waals surface area (Å²) < 4.78 is 0. The Hall–Kier alpha value is -2.88. The molecule has 0 saturated carbocycles. The largest absolute Gasteiger partial charge is 0.480 e. The van der Waals surface area contributed by atoms with Crippen molar-refractivity contribution in [3.63, 3.8) is 0 Å². The number of hydrogen-bond acceptors (Lipinski definition) is 3. The van der Waals surface area contributed by atoms with Crippen molar-refractivity contribution < 1.29 is 9.90 Å². The third-order valence-electron chi connectivity index (χ3n) is 4.35. The first-order chi connectivity index (χ1) is 12.0. The Morgan fingerprint density at radius 1 is 1.12 bits per heavy atom. The van der Waals surface area contributed by atoms with Crippen molar-refractivity contribution in [2.24, 2.45) is 0 Å². The van der Waals surface area contributed by atoms with Gasteiger partial charge in [0.15, 0.2) is 0 Å². The third kappa shape index (κ3) is 3.97. The van der Waals surface area contributed by atoms with Crippen LogP contribution in [-0.4, -0.2) is 22.1 Å². The molecule has 4 nitrogen and oxygen atoms in total. The zero-order valence-electron chi connectivity index (χ0n) is 14.4. The number of aromatic nitrogens is 1. The zero-order valence-corrected chi connectivity index (χ0v) is 14.4. The SMILES string of the molecule is CC(C)c1ccc2ccnc(NC(Cc3ccccc3)C(=O)O)c2c1. The lowest BCUT2D eigenvalue weighted by Gasteiger charge is -2.17. The number of carboxylic acid groups (broad SMARTS) is 1. The minimum Gasteiger partial charge on any atom is -0.480 e. The maximum Gasteiger partial charge on any atom is 0.326 e. The van der Waals surface area contributed by atoms with Crippen LogP contribution in [0.5, 0.6) is 0 Å². The fourth-order valence-electron chi connectivity index (χ4n) is 2.87. The summed E-state index contributed by atoms with van der Waals surface area (Å²) in [5.41, 5.74) is 2.18. The average molecular weight is 334 g/mol. The number of carboxylic acids is 1. The molecule has 25 heavy (non-hydrogen) atoms. The second-order valence-corrected chi connectivity index (χ2v) is 6.52. The maximum absolute atomic E-state index is 11.7. The van der Waals surface area contributed by atoms with E-state index in [2.05, 4.69) is 42.3 Å². The fraction of sp³-hybridized carbons (Fsp3) is 0.238. The third-order valence-corrected chi connectivity index (χ3v) is 4.35. The van der Waals surface area contributed by atoms with Crippen molar-refractivity contribution in [1.29, 1.82) is 0 Å². The topological polar surface area (TPSA) is 62.2 Å². The smallest absolute Gasteiger partial charge is 0.326 e. The molecular weight excluding hydrogens is 312 g/mol. The highest BCUT2D eigenvalue weighted by atomic mass is 16.4. The summed E-state index contributed by atoms with van der Waals surface area (Å²) in [7, 11) is 0. The molecule has 1 unspecified atom stereocenters. The van der Waals surface area contributed by atoms with E-state index in [1.54, 1.807) is 6.20 Å². The van der Waals surface area contributed by atoms with Gasteiger partial charge in [0.2, 0.25) is 0 Å². The van der Waals surface area contributed by atoms with Gasteiger partial charge in [-0.2, -0.15) is 0 Å². The molecular formula is C21H22N2O2. The Morgan fingerprint density at radius 3 is 2.56 bits per heavy atom. The highest BCUT2D eigenvalue weighted by Gasteiger charge is 2.19. The summed E-state index contributed by atoms with van der Waals surface area (Å²) in [5.74, 6) is 0.128. The maximum atomic E-state index is 11.7. The lowest BCUT2D eigenvalue weighted by Crippen LogP contribution is -2.32. The van der Waals surface area contributed by atoms with Gasteiger partial charge >= 0.3 is 5.97 Å². The van der Waals surface area contributed by atoms with Crippen LogP contribution in [0.15, 0.2) is 60.8 Å². The minimum atomic E-state index is -0.886. The molecule has 0 radical (unpaired) electrons. The number of fused-ring (bicyclic) bond motifs is 1. The lowest BCUT2D eigenvalue weighted by atomic mass is 9.99. The van der Waals surface area contributed by atoms with Crippen LogP contribution < -0.4 is 5.32 Å². The highest BCUT2D eigenvalue weighted by Crippen LogP contribution is 2.26. The number of anilines is 1. The Balaban J connectivity index is 1.94. The summed E-state index contributed by atoms with van der Waals surface area (Å²) in [5, 5.41) is 14.7. The molecule has 3 aromatic rings. The normalized spacial score (nSPS) is 12.3. The molecule has 2 aromatic carbocycles. The molecule has 0 aliphatic carbocycles. The van der Waals surface area contributed by atoms with E-state index in [9.17, 15) is 9.90 Å². The van der Waals surface area contributed by atoms with Gasteiger partial charge < -0.3 is 10.4 Å². The van der Waals surface area contributed by atoms with E-state index in [1.807, 2.05) is 36.4 Å². The number of nitrogens with zero attached hydrogens (tertiary/aromatic N) is 1. The van der Waals surface area contributed by atoms with E-state index in [0.29, 0.717) is 18.2 Å². The van der Waals surface area contributed by atoms with E-state index in [0.717, 1.165) is 16.3 Å². The Labute approximate surface area is 147 Å². The van der Waals surface area contributed by atoms with E-state index in [4.69, 9.17) is 0 Å². The van der Waals surface area contributed by atoms with Crippen molar-refractivity contribution in [2.45, 2.75) is 32.2 Å². The molecule has 4 heteroatoms. The van der Waals surface area contributed by atoms with E-state index >= 15 is 0 Å². The molecule has 1 atom stereocenters. The predicted molar refractivity (Wildman–Crippen MR) is 101 cm³/mol. The van der Waals surface area contributed by atoms with Crippen LogP contribution in [-0.2, 0) is 11.2 Å². The number of carbonyl (C=O) groups is 1. The van der Waals surface area contributed by atoms with Crippen molar-refractivity contribution in [3.8, 4) is 0 Å². The second kappa shape index (κ2) is 7.34. The predicted octanol–water partition coefficient (Wildman–Crippen LogP) is 4.47. The van der Waals surface area contributed by atoms with Crippen LogP contribution >= 0.6 is 0 Å². The first-order valence-electron chi connectivity index (χ1n) is 8.46. The standard InChI is InChI=1S/C21H22N2O2/c1-14(2)17-9-8-16-10-11-22-20(18(16)13-17)23-19(21(24)25)12-15-6-4-3-5-7-15/h3-11,13-14,19H,12H2,1-2H3,(H,22,23)(H,24,25). The molecule has 128 valence electrons. The fourth-order valence-corrected chi connectivity index (χ4v) is 2.87. The van der Waals surface area contributed by atoms with Crippen LogP contribution in [0.4, 0.5) is 5.82 Å². The minimum absolute atomic E-state index is 0.400. The van der Waals surface area contributed by atoms with Gasteiger partial charge in [0.05, 0.1) is 0 Å². The number of nitrogens with one attached hydrogen (secondary N) is 1. The molecule has 0 bridgehead atoms. The lowest BCUT2D eigenvalue weighted by molar-refractivity contribution is -0.137. The number of rotatable bonds is 6. The molecule has 0 amide bonds. The summed E-state index contributed by atoms with van der Waals surface area (Å²) in [6.45, 7) is 4.28. The van der Waals surface area contributed by atoms with Gasteiger partial charge in [-0.3, -0.25) is 0 Å². The van der Waals surface area contributed by atoms with Gasteiger partial charge in [0.1, 0.15) is 11.9 Å². The first-order valence-corrected chi connectivity index (χ1v) is 8.46. The summed E-state index contributed by atoms with van der Waals surface area (Å²) >= 11 is 0. The van der Waals surface area contributed by atoms with Gasteiger partial charge in [-0.15, -0.1) is 0 Å². The van der Waals surface area contributed by atoms with Crippen molar-refractivity contribution in [3.05, 3.63) is 71.9 Å². The second-order valence-electron chi connectivity index (χ2n) is 6.52. The average Bonchev–Trinajstić information content (AvgIpc) is 2.61. The molecule has 0 fully saturated rings. The number of hydrogen-bond donors (Lipinski definition) is 2. The van der Waals surface area contributed by atoms with Crippen LogP contribution in [0, 0.1) is 0 Å². The van der Waals surface area contributed by atoms with Crippen LogP contribution in [0.1, 0.15) is 30.9 Å². The van der Waals surface area contributed by atoms with Gasteiger partial charge in [0, 0.05) is 18.0 Å². The van der Waals surface area contributed by atoms with Gasteiger partial charge in [0.25, 0.3) is 0 Å². The number of benzene rings is 2. The monoisotopic (exact) mass is 334 g/mol. The van der Waals surface area contributed by atoms with Gasteiger partial charge in [-0.25, -0.2) is 9.78 Å². The molecule has 0 aliphatic rings. The number of aliphatic carboxylic acids is 1. The molecule has 1 heterocycles. The molecule has 0 saturated heterocycles. The molecule has 1 aromatic heterocycles. The quantitative estimate of drug-likeness (QED) is 0.698. The van der Waals surface area contributed by atoms with Gasteiger partial charge in [-0.1, -0.05) is 56.3 Å². The van der Waals surface area contributed by atoms with Crippen LogP contribution in [0.3, 0.4) is 0 Å². The molecule has 2 N–H and O–H groups in total. The summed E-state index contributed by atoms with van der Waals surface area (Å²) in [4.78, 5) is 16.1. The highest BCUT2D eigenvalue weighted by molar-refractivity contribution is 5.93. The first kappa shape index (κ1) is 17.0. The Bertz CT molecular complexity index is 875. The van der Waals surface area contributed by atoms with Crippen LogP contribution in [0.25, 0.3) is 10.8 Å². The van der Waals surface area contributed by atoms with E-state index < -0.39 is 12.0 Å². The van der Waals surface area contributed by atoms with Gasteiger partial charge in [-0.05, 0) is 34.6 Å². The van der Waals surface area contributed by atoms with E-state index in [1.165, 1.54) is 5.56 Å².